The van der Waals surface area contributed by atoms with Crippen molar-refractivity contribution >= 4 is 5.91 Å². The lowest BCUT2D eigenvalue weighted by Gasteiger charge is -2.24. The summed E-state index contributed by atoms with van der Waals surface area (Å²) in [5.41, 5.74) is 2.48. The Balaban J connectivity index is 1.83. The largest absolute Gasteiger partial charge is 0.330 e. The van der Waals surface area contributed by atoms with Crippen LogP contribution >= 0.6 is 0 Å². The van der Waals surface area contributed by atoms with Gasteiger partial charge in [0.1, 0.15) is 0 Å². The fourth-order valence-corrected chi connectivity index (χ4v) is 2.96. The van der Waals surface area contributed by atoms with Crippen LogP contribution in [0.15, 0.2) is 36.9 Å². The fraction of sp³-hybridized carbons (Fsp3) is 0.412. The molecule has 2 aromatic rings. The van der Waals surface area contributed by atoms with E-state index in [1.807, 2.05) is 19.0 Å². The first-order chi connectivity index (χ1) is 11.1. The Morgan fingerprint density at radius 1 is 1.26 bits per heavy atom. The molecule has 0 aromatic carbocycles. The summed E-state index contributed by atoms with van der Waals surface area (Å²) in [5, 5.41) is 0. The normalized spacial score (nSPS) is 17.7. The number of nitrogens with zero attached hydrogens (tertiary/aromatic N) is 5. The molecule has 1 atom stereocenters. The van der Waals surface area contributed by atoms with E-state index in [0.29, 0.717) is 5.56 Å². The van der Waals surface area contributed by atoms with E-state index < -0.39 is 0 Å². The number of pyridine rings is 1. The first-order valence-corrected chi connectivity index (χ1v) is 7.81. The van der Waals surface area contributed by atoms with Crippen LogP contribution in [0.1, 0.15) is 40.6 Å². The zero-order chi connectivity index (χ0) is 16.2. The lowest BCUT2D eigenvalue weighted by Crippen LogP contribution is -2.31. The van der Waals surface area contributed by atoms with Crippen molar-refractivity contribution in [3.8, 4) is 0 Å². The SMILES string of the molecule is CN(C)Cc1cncc(C2CCCN2C(=O)c2ccncc2)n1. The summed E-state index contributed by atoms with van der Waals surface area (Å²) < 4.78 is 0. The summed E-state index contributed by atoms with van der Waals surface area (Å²) in [6.07, 6.45) is 8.78. The third-order valence-corrected chi connectivity index (χ3v) is 3.96. The van der Waals surface area contributed by atoms with Crippen molar-refractivity contribution in [3.05, 3.63) is 53.9 Å². The molecule has 23 heavy (non-hydrogen) atoms. The van der Waals surface area contributed by atoms with Crippen molar-refractivity contribution in [1.82, 2.24) is 24.8 Å². The van der Waals surface area contributed by atoms with Gasteiger partial charge in [-0.2, -0.15) is 0 Å². The van der Waals surface area contributed by atoms with Gasteiger partial charge in [-0.3, -0.25) is 19.7 Å². The van der Waals surface area contributed by atoms with Crippen LogP contribution in [0.25, 0.3) is 0 Å². The molecule has 0 spiro atoms. The van der Waals surface area contributed by atoms with E-state index in [0.717, 1.165) is 37.3 Å². The molecule has 0 aliphatic carbocycles. The van der Waals surface area contributed by atoms with Crippen molar-refractivity contribution < 1.29 is 4.79 Å². The van der Waals surface area contributed by atoms with Gasteiger partial charge in [0.2, 0.25) is 0 Å². The summed E-state index contributed by atoms with van der Waals surface area (Å²) >= 11 is 0. The first-order valence-electron chi connectivity index (χ1n) is 7.81. The van der Waals surface area contributed by atoms with Crippen LogP contribution in [0.4, 0.5) is 0 Å². The number of carbonyl (C=O) groups is 1. The molecular formula is C17H21N5O. The topological polar surface area (TPSA) is 62.2 Å². The molecule has 1 unspecified atom stereocenters. The highest BCUT2D eigenvalue weighted by Gasteiger charge is 2.31. The second kappa shape index (κ2) is 6.83. The third kappa shape index (κ3) is 3.53. The van der Waals surface area contributed by atoms with E-state index >= 15 is 0 Å². The molecule has 1 fully saturated rings. The predicted molar refractivity (Wildman–Crippen MR) is 86.7 cm³/mol. The molecule has 3 rings (SSSR count). The van der Waals surface area contributed by atoms with Gasteiger partial charge in [0.05, 0.1) is 23.6 Å². The molecule has 1 amide bonds. The minimum absolute atomic E-state index is 0.00489. The van der Waals surface area contributed by atoms with Crippen LogP contribution < -0.4 is 0 Å². The zero-order valence-corrected chi connectivity index (χ0v) is 13.5. The van der Waals surface area contributed by atoms with Gasteiger partial charge in [-0.25, -0.2) is 0 Å². The molecule has 0 radical (unpaired) electrons. The molecule has 1 aliphatic rings. The summed E-state index contributed by atoms with van der Waals surface area (Å²) in [6, 6.07) is 3.52. The Kier molecular flexibility index (Phi) is 4.62. The molecule has 6 nitrogen and oxygen atoms in total. The predicted octanol–water partition coefficient (Wildman–Crippen LogP) is 1.91. The van der Waals surface area contributed by atoms with Crippen LogP contribution in [0, 0.1) is 0 Å². The van der Waals surface area contributed by atoms with Crippen LogP contribution in [0.2, 0.25) is 0 Å². The first kappa shape index (κ1) is 15.6. The maximum absolute atomic E-state index is 12.7. The molecule has 2 aromatic heterocycles. The maximum Gasteiger partial charge on any atom is 0.254 e. The quantitative estimate of drug-likeness (QED) is 0.863. The highest BCUT2D eigenvalue weighted by molar-refractivity contribution is 5.94. The zero-order valence-electron chi connectivity index (χ0n) is 13.5. The van der Waals surface area contributed by atoms with Crippen LogP contribution in [0.5, 0.6) is 0 Å². The molecule has 6 heteroatoms. The van der Waals surface area contributed by atoms with Gasteiger partial charge >= 0.3 is 0 Å². The summed E-state index contributed by atoms with van der Waals surface area (Å²) in [5.74, 6) is 0.0368. The van der Waals surface area contributed by atoms with E-state index in [9.17, 15) is 4.79 Å². The van der Waals surface area contributed by atoms with Crippen molar-refractivity contribution in [2.45, 2.75) is 25.4 Å². The molecule has 0 N–H and O–H groups in total. The van der Waals surface area contributed by atoms with E-state index in [-0.39, 0.29) is 11.9 Å². The van der Waals surface area contributed by atoms with Gasteiger partial charge in [-0.1, -0.05) is 0 Å². The third-order valence-electron chi connectivity index (χ3n) is 3.96. The standard InChI is InChI=1S/C17H21N5O/c1-21(2)12-14-10-19-11-15(20-14)16-4-3-9-22(16)17(23)13-5-7-18-8-6-13/h5-8,10-11,16H,3-4,9,12H2,1-2H3. The second-order valence-electron chi connectivity index (χ2n) is 6.07. The Labute approximate surface area is 136 Å². The monoisotopic (exact) mass is 311 g/mol. The molecule has 0 bridgehead atoms. The van der Waals surface area contributed by atoms with E-state index in [4.69, 9.17) is 4.98 Å². The van der Waals surface area contributed by atoms with Crippen molar-refractivity contribution in [2.75, 3.05) is 20.6 Å². The van der Waals surface area contributed by atoms with Crippen LogP contribution in [-0.4, -0.2) is 51.3 Å². The Morgan fingerprint density at radius 3 is 2.78 bits per heavy atom. The molecule has 1 saturated heterocycles. The average molecular weight is 311 g/mol. The lowest BCUT2D eigenvalue weighted by molar-refractivity contribution is 0.0732. The number of hydrogen-bond acceptors (Lipinski definition) is 5. The number of hydrogen-bond donors (Lipinski definition) is 0. The average Bonchev–Trinajstić information content (AvgIpc) is 3.04. The molecule has 1 aliphatic heterocycles. The van der Waals surface area contributed by atoms with Crippen molar-refractivity contribution in [1.29, 1.82) is 0 Å². The van der Waals surface area contributed by atoms with Crippen molar-refractivity contribution in [3.63, 3.8) is 0 Å². The number of likely N-dealkylation sites (tertiary alicyclic amines) is 1. The number of rotatable bonds is 4. The van der Waals surface area contributed by atoms with Gasteiger partial charge in [0.15, 0.2) is 0 Å². The minimum atomic E-state index is 0.00489. The minimum Gasteiger partial charge on any atom is -0.330 e. The molecular weight excluding hydrogens is 290 g/mol. The van der Waals surface area contributed by atoms with E-state index in [1.54, 1.807) is 36.9 Å². The summed E-state index contributed by atoms with van der Waals surface area (Å²) in [7, 11) is 4.01. The Bertz CT molecular complexity index is 674. The van der Waals surface area contributed by atoms with Crippen LogP contribution in [0.3, 0.4) is 0 Å². The maximum atomic E-state index is 12.7. The number of carbonyl (C=O) groups excluding carboxylic acids is 1. The van der Waals surface area contributed by atoms with Crippen molar-refractivity contribution in [2.24, 2.45) is 0 Å². The van der Waals surface area contributed by atoms with Gasteiger partial charge in [0, 0.05) is 37.2 Å². The van der Waals surface area contributed by atoms with Gasteiger partial charge in [-0.05, 0) is 39.1 Å². The Hall–Kier alpha value is -2.34. The highest BCUT2D eigenvalue weighted by Crippen LogP contribution is 2.31. The second-order valence-corrected chi connectivity index (χ2v) is 6.07. The Morgan fingerprint density at radius 2 is 2.04 bits per heavy atom. The van der Waals surface area contributed by atoms with Gasteiger partial charge in [-0.15, -0.1) is 0 Å². The van der Waals surface area contributed by atoms with E-state index in [2.05, 4.69) is 14.9 Å². The number of amides is 1. The molecule has 3 heterocycles. The highest BCUT2D eigenvalue weighted by atomic mass is 16.2. The summed E-state index contributed by atoms with van der Waals surface area (Å²) in [6.45, 7) is 1.50. The van der Waals surface area contributed by atoms with Gasteiger partial charge < -0.3 is 9.80 Å². The van der Waals surface area contributed by atoms with E-state index in [1.165, 1.54) is 0 Å². The molecule has 0 saturated carbocycles. The number of aromatic nitrogens is 3. The summed E-state index contributed by atoms with van der Waals surface area (Å²) in [4.78, 5) is 29.7. The van der Waals surface area contributed by atoms with Gasteiger partial charge in [0.25, 0.3) is 5.91 Å². The molecule has 120 valence electrons. The fourth-order valence-electron chi connectivity index (χ4n) is 2.96. The lowest BCUT2D eigenvalue weighted by atomic mass is 10.1. The van der Waals surface area contributed by atoms with Crippen LogP contribution in [-0.2, 0) is 6.54 Å². The smallest absolute Gasteiger partial charge is 0.254 e.